The third-order valence-electron chi connectivity index (χ3n) is 3.03. The second-order valence-electron chi connectivity index (χ2n) is 4.90. The molecule has 0 bridgehead atoms. The van der Waals surface area contributed by atoms with Gasteiger partial charge in [-0.05, 0) is 59.6 Å². The molecule has 0 spiro atoms. The first kappa shape index (κ1) is 17.0. The van der Waals surface area contributed by atoms with E-state index in [1.807, 2.05) is 19.1 Å². The van der Waals surface area contributed by atoms with Crippen LogP contribution in [0.25, 0.3) is 0 Å². The molecule has 0 N–H and O–H groups in total. The zero-order valence-electron chi connectivity index (χ0n) is 12.5. The number of carbonyl (C=O) groups is 1. The topological polar surface area (TPSA) is 78.7 Å². The van der Waals surface area contributed by atoms with E-state index >= 15 is 0 Å². The Morgan fingerprint density at radius 2 is 1.96 bits per heavy atom. The summed E-state index contributed by atoms with van der Waals surface area (Å²) >= 11 is 3.32. The molecule has 0 atom stereocenters. The largest absolute Gasteiger partial charge is 0.482 e. The number of halogens is 1. The Bertz CT molecular complexity index is 760. The van der Waals surface area contributed by atoms with Crippen molar-refractivity contribution in [3.63, 3.8) is 0 Å². The van der Waals surface area contributed by atoms with Crippen LogP contribution in [0.5, 0.6) is 11.5 Å². The van der Waals surface area contributed by atoms with Crippen molar-refractivity contribution in [2.45, 2.75) is 13.8 Å². The highest BCUT2D eigenvalue weighted by Gasteiger charge is 2.13. The first-order valence-corrected chi connectivity index (χ1v) is 7.51. The molecule has 0 saturated carbocycles. The van der Waals surface area contributed by atoms with Crippen LogP contribution in [-0.4, -0.2) is 17.5 Å². The summed E-state index contributed by atoms with van der Waals surface area (Å²) in [6, 6.07) is 9.64. The molecule has 0 heterocycles. The second kappa shape index (κ2) is 7.23. The Kier molecular flexibility index (Phi) is 5.33. The summed E-state index contributed by atoms with van der Waals surface area (Å²) in [5.41, 5.74) is 1.50. The van der Waals surface area contributed by atoms with E-state index < -0.39 is 10.9 Å². The molecule has 0 aliphatic carbocycles. The molecule has 0 aromatic heterocycles. The SMILES string of the molecule is Cc1ccc(OC(=O)COc2ccc([N+](=O)[O-])c(C)c2)c(Br)c1. The van der Waals surface area contributed by atoms with Crippen molar-refractivity contribution in [3.8, 4) is 11.5 Å². The molecule has 0 saturated heterocycles. The Morgan fingerprint density at radius 1 is 1.22 bits per heavy atom. The van der Waals surface area contributed by atoms with Crippen molar-refractivity contribution >= 4 is 27.6 Å². The number of rotatable bonds is 5. The molecule has 0 fully saturated rings. The highest BCUT2D eigenvalue weighted by Crippen LogP contribution is 2.26. The Hall–Kier alpha value is -2.41. The monoisotopic (exact) mass is 379 g/mol. The van der Waals surface area contributed by atoms with E-state index in [1.54, 1.807) is 13.0 Å². The molecule has 2 rings (SSSR count). The van der Waals surface area contributed by atoms with Gasteiger partial charge in [-0.2, -0.15) is 0 Å². The first-order chi connectivity index (χ1) is 10.9. The molecular weight excluding hydrogens is 366 g/mol. The maximum absolute atomic E-state index is 11.8. The predicted octanol–water partition coefficient (Wildman–Crippen LogP) is 3.96. The van der Waals surface area contributed by atoms with Crippen molar-refractivity contribution in [2.24, 2.45) is 0 Å². The van der Waals surface area contributed by atoms with Crippen molar-refractivity contribution < 1.29 is 19.2 Å². The quantitative estimate of drug-likeness (QED) is 0.340. The van der Waals surface area contributed by atoms with E-state index in [1.165, 1.54) is 18.2 Å². The van der Waals surface area contributed by atoms with Crippen LogP contribution in [0.1, 0.15) is 11.1 Å². The Morgan fingerprint density at radius 3 is 2.57 bits per heavy atom. The normalized spacial score (nSPS) is 10.2. The van der Waals surface area contributed by atoms with Gasteiger partial charge in [0.2, 0.25) is 0 Å². The number of benzene rings is 2. The number of hydrogen-bond acceptors (Lipinski definition) is 5. The van der Waals surface area contributed by atoms with E-state index in [-0.39, 0.29) is 12.3 Å². The van der Waals surface area contributed by atoms with Crippen LogP contribution in [0.3, 0.4) is 0 Å². The van der Waals surface area contributed by atoms with E-state index in [0.717, 1.165) is 5.56 Å². The third-order valence-corrected chi connectivity index (χ3v) is 3.65. The molecule has 0 aliphatic rings. The van der Waals surface area contributed by atoms with Gasteiger partial charge in [-0.3, -0.25) is 10.1 Å². The molecule has 23 heavy (non-hydrogen) atoms. The van der Waals surface area contributed by atoms with Gasteiger partial charge in [0, 0.05) is 11.6 Å². The summed E-state index contributed by atoms with van der Waals surface area (Å²) in [6.07, 6.45) is 0. The van der Waals surface area contributed by atoms with Crippen molar-refractivity contribution in [1.29, 1.82) is 0 Å². The van der Waals surface area contributed by atoms with Gasteiger partial charge in [0.05, 0.1) is 9.40 Å². The lowest BCUT2D eigenvalue weighted by Gasteiger charge is -2.09. The van der Waals surface area contributed by atoms with Gasteiger partial charge >= 0.3 is 5.97 Å². The Labute approximate surface area is 141 Å². The zero-order chi connectivity index (χ0) is 17.0. The maximum Gasteiger partial charge on any atom is 0.349 e. The predicted molar refractivity (Wildman–Crippen MR) is 87.8 cm³/mol. The number of aryl methyl sites for hydroxylation is 2. The van der Waals surface area contributed by atoms with Crippen molar-refractivity contribution in [1.82, 2.24) is 0 Å². The van der Waals surface area contributed by atoms with Crippen LogP contribution in [0.4, 0.5) is 5.69 Å². The number of ether oxygens (including phenoxy) is 2. The molecule has 0 amide bonds. The highest BCUT2D eigenvalue weighted by molar-refractivity contribution is 9.10. The summed E-state index contributed by atoms with van der Waals surface area (Å²) in [7, 11) is 0. The summed E-state index contributed by atoms with van der Waals surface area (Å²) in [5, 5.41) is 10.7. The number of nitro groups is 1. The van der Waals surface area contributed by atoms with Crippen molar-refractivity contribution in [3.05, 3.63) is 62.1 Å². The minimum atomic E-state index is -0.564. The average molecular weight is 380 g/mol. The van der Waals surface area contributed by atoms with E-state index in [0.29, 0.717) is 21.5 Å². The van der Waals surface area contributed by atoms with Gasteiger partial charge in [0.15, 0.2) is 6.61 Å². The minimum absolute atomic E-state index is 0.00325. The fourth-order valence-corrected chi connectivity index (χ4v) is 2.48. The van der Waals surface area contributed by atoms with Crippen molar-refractivity contribution in [2.75, 3.05) is 6.61 Å². The van der Waals surface area contributed by atoms with Crippen LogP contribution in [0.2, 0.25) is 0 Å². The van der Waals surface area contributed by atoms with Gasteiger partial charge in [-0.25, -0.2) is 4.79 Å². The number of hydrogen-bond donors (Lipinski definition) is 0. The third kappa shape index (κ3) is 4.53. The number of nitro benzene ring substituents is 1. The van der Waals surface area contributed by atoms with Crippen LogP contribution in [0.15, 0.2) is 40.9 Å². The van der Waals surface area contributed by atoms with Crippen LogP contribution < -0.4 is 9.47 Å². The van der Waals surface area contributed by atoms with E-state index in [9.17, 15) is 14.9 Å². The van der Waals surface area contributed by atoms with E-state index in [4.69, 9.17) is 9.47 Å². The van der Waals surface area contributed by atoms with E-state index in [2.05, 4.69) is 15.9 Å². The molecule has 2 aromatic carbocycles. The maximum atomic E-state index is 11.8. The molecule has 7 heteroatoms. The molecule has 2 aromatic rings. The van der Waals surface area contributed by atoms with Gasteiger partial charge < -0.3 is 9.47 Å². The van der Waals surface area contributed by atoms with Gasteiger partial charge in [0.25, 0.3) is 5.69 Å². The lowest BCUT2D eigenvalue weighted by atomic mass is 10.2. The Balaban J connectivity index is 1.96. The summed E-state index contributed by atoms with van der Waals surface area (Å²) in [5.74, 6) is 0.211. The minimum Gasteiger partial charge on any atom is -0.482 e. The lowest BCUT2D eigenvalue weighted by Crippen LogP contribution is -2.18. The van der Waals surface area contributed by atoms with Gasteiger partial charge in [-0.15, -0.1) is 0 Å². The summed E-state index contributed by atoms with van der Waals surface area (Å²) in [6.45, 7) is 3.24. The van der Waals surface area contributed by atoms with Gasteiger partial charge in [-0.1, -0.05) is 6.07 Å². The molecule has 120 valence electrons. The molecule has 0 aliphatic heterocycles. The summed E-state index contributed by atoms with van der Waals surface area (Å²) < 4.78 is 11.2. The highest BCUT2D eigenvalue weighted by atomic mass is 79.9. The first-order valence-electron chi connectivity index (χ1n) is 6.71. The molecular formula is C16H14BrNO5. The van der Waals surface area contributed by atoms with Crippen LogP contribution in [-0.2, 0) is 4.79 Å². The lowest BCUT2D eigenvalue weighted by molar-refractivity contribution is -0.385. The zero-order valence-corrected chi connectivity index (χ0v) is 14.1. The van der Waals surface area contributed by atoms with Crippen LogP contribution >= 0.6 is 15.9 Å². The molecule has 0 radical (unpaired) electrons. The number of nitrogens with zero attached hydrogens (tertiary/aromatic N) is 1. The fraction of sp³-hybridized carbons (Fsp3) is 0.188. The average Bonchev–Trinajstić information content (AvgIpc) is 2.48. The number of carbonyl (C=O) groups excluding carboxylic acids is 1. The fourth-order valence-electron chi connectivity index (χ4n) is 1.91. The molecule has 6 nitrogen and oxygen atoms in total. The number of esters is 1. The van der Waals surface area contributed by atoms with Crippen LogP contribution in [0, 0.1) is 24.0 Å². The standard InChI is InChI=1S/C16H14BrNO5/c1-10-3-6-15(13(17)7-10)23-16(19)9-22-12-4-5-14(18(20)21)11(2)8-12/h3-8H,9H2,1-2H3. The van der Waals surface area contributed by atoms with Gasteiger partial charge in [0.1, 0.15) is 11.5 Å². The summed E-state index contributed by atoms with van der Waals surface area (Å²) in [4.78, 5) is 22.1. The molecule has 0 unspecified atom stereocenters. The second-order valence-corrected chi connectivity index (χ2v) is 5.76. The smallest absolute Gasteiger partial charge is 0.349 e.